The van der Waals surface area contributed by atoms with Gasteiger partial charge >= 0.3 is 0 Å². The largest absolute Gasteiger partial charge is 0.507 e. The third kappa shape index (κ3) is 4.24. The van der Waals surface area contributed by atoms with Crippen LogP contribution in [-0.2, 0) is 0 Å². The van der Waals surface area contributed by atoms with Crippen molar-refractivity contribution < 1.29 is 15.3 Å². The fraction of sp³-hybridized carbons (Fsp3) is 0. The quantitative estimate of drug-likeness (QED) is 0.717. The summed E-state index contributed by atoms with van der Waals surface area (Å²) < 4.78 is 0. The average molecular weight is 256 g/mol. The Labute approximate surface area is 112 Å². The van der Waals surface area contributed by atoms with Gasteiger partial charge in [-0.15, -0.1) is 0 Å². The Balaban J connectivity index is 0.000000191. The number of hydrogen-bond donors (Lipinski definition) is 3. The standard InChI is InChI=1S/C8H8O2.C8H8O/c1-2-6-3-4-7(9)8(10)5-6;1-2-7-5-3-4-6-8(7)9/h2-5,9-10H,1H2;2-6,9H,1H2. The van der Waals surface area contributed by atoms with Gasteiger partial charge in [0.05, 0.1) is 0 Å². The number of para-hydroxylation sites is 1. The van der Waals surface area contributed by atoms with Gasteiger partial charge in [-0.25, -0.2) is 0 Å². The Morgan fingerprint density at radius 2 is 1.42 bits per heavy atom. The maximum atomic E-state index is 9.04. The first-order chi connectivity index (χ1) is 9.08. The maximum Gasteiger partial charge on any atom is 0.157 e. The lowest BCUT2D eigenvalue weighted by molar-refractivity contribution is 0.403. The lowest BCUT2D eigenvalue weighted by atomic mass is 10.2. The summed E-state index contributed by atoms with van der Waals surface area (Å²) in [5, 5.41) is 26.8. The Bertz CT molecular complexity index is 574. The number of phenolic OH excluding ortho intramolecular Hbond substituents is 3. The third-order valence-corrected chi connectivity index (χ3v) is 2.39. The number of phenols is 3. The molecule has 0 spiro atoms. The summed E-state index contributed by atoms with van der Waals surface area (Å²) in [5.41, 5.74) is 1.56. The molecule has 0 aromatic heterocycles. The van der Waals surface area contributed by atoms with Crippen LogP contribution in [0.3, 0.4) is 0 Å². The molecule has 0 aliphatic rings. The minimum absolute atomic E-state index is 0.106. The van der Waals surface area contributed by atoms with Crippen LogP contribution in [0.5, 0.6) is 17.2 Å². The van der Waals surface area contributed by atoms with Crippen molar-refractivity contribution in [3.63, 3.8) is 0 Å². The Hall–Kier alpha value is -2.68. The molecule has 0 atom stereocenters. The average Bonchev–Trinajstić information content (AvgIpc) is 2.43. The van der Waals surface area contributed by atoms with Crippen LogP contribution >= 0.6 is 0 Å². The third-order valence-electron chi connectivity index (χ3n) is 2.39. The van der Waals surface area contributed by atoms with Crippen LogP contribution in [0.4, 0.5) is 0 Å². The van der Waals surface area contributed by atoms with Gasteiger partial charge in [-0.05, 0) is 23.8 Å². The smallest absolute Gasteiger partial charge is 0.157 e. The van der Waals surface area contributed by atoms with Crippen LogP contribution in [0.25, 0.3) is 12.2 Å². The zero-order chi connectivity index (χ0) is 14.3. The molecule has 98 valence electrons. The van der Waals surface area contributed by atoms with E-state index in [0.717, 1.165) is 11.1 Å². The highest BCUT2D eigenvalue weighted by molar-refractivity contribution is 5.54. The van der Waals surface area contributed by atoms with Crippen LogP contribution in [0, 0.1) is 0 Å². The van der Waals surface area contributed by atoms with Crippen molar-refractivity contribution >= 4 is 12.2 Å². The molecule has 0 aliphatic heterocycles. The molecule has 0 radical (unpaired) electrons. The zero-order valence-corrected chi connectivity index (χ0v) is 10.5. The molecule has 3 nitrogen and oxygen atoms in total. The van der Waals surface area contributed by atoms with Crippen molar-refractivity contribution in [1.82, 2.24) is 0 Å². The van der Waals surface area contributed by atoms with E-state index in [1.807, 2.05) is 12.1 Å². The van der Waals surface area contributed by atoms with Gasteiger partial charge in [0, 0.05) is 5.56 Å². The molecule has 0 saturated carbocycles. The van der Waals surface area contributed by atoms with Crippen molar-refractivity contribution in [2.75, 3.05) is 0 Å². The Morgan fingerprint density at radius 1 is 0.737 bits per heavy atom. The van der Waals surface area contributed by atoms with Gasteiger partial charge in [0.1, 0.15) is 5.75 Å². The molecule has 3 heteroatoms. The molecule has 2 aromatic carbocycles. The summed E-state index contributed by atoms with van der Waals surface area (Å²) in [4.78, 5) is 0. The summed E-state index contributed by atoms with van der Waals surface area (Å²) in [6.45, 7) is 7.04. The van der Waals surface area contributed by atoms with Crippen LogP contribution in [0.15, 0.2) is 55.6 Å². The maximum absolute atomic E-state index is 9.04. The molecule has 0 unspecified atom stereocenters. The van der Waals surface area contributed by atoms with Gasteiger partial charge in [0.2, 0.25) is 0 Å². The molecular formula is C16H16O3. The molecule has 0 saturated heterocycles. The molecule has 19 heavy (non-hydrogen) atoms. The van der Waals surface area contributed by atoms with Gasteiger partial charge in [-0.1, -0.05) is 49.6 Å². The molecular weight excluding hydrogens is 240 g/mol. The highest BCUT2D eigenvalue weighted by atomic mass is 16.3. The molecule has 0 bridgehead atoms. The highest BCUT2D eigenvalue weighted by Gasteiger charge is 1.96. The van der Waals surface area contributed by atoms with Gasteiger partial charge in [0.15, 0.2) is 11.5 Å². The van der Waals surface area contributed by atoms with Gasteiger partial charge < -0.3 is 15.3 Å². The van der Waals surface area contributed by atoms with E-state index in [-0.39, 0.29) is 17.2 Å². The summed E-state index contributed by atoms with van der Waals surface area (Å²) in [6, 6.07) is 11.6. The highest BCUT2D eigenvalue weighted by Crippen LogP contribution is 2.24. The predicted octanol–water partition coefficient (Wildman–Crippen LogP) is 3.78. The minimum Gasteiger partial charge on any atom is -0.507 e. The monoisotopic (exact) mass is 256 g/mol. The summed E-state index contributed by atoms with van der Waals surface area (Å²) in [7, 11) is 0. The molecule has 2 aromatic rings. The molecule has 2 rings (SSSR count). The van der Waals surface area contributed by atoms with Crippen molar-refractivity contribution in [2.45, 2.75) is 0 Å². The van der Waals surface area contributed by atoms with Gasteiger partial charge in [-0.3, -0.25) is 0 Å². The first kappa shape index (κ1) is 14.4. The van der Waals surface area contributed by atoms with Crippen LogP contribution in [0.1, 0.15) is 11.1 Å². The van der Waals surface area contributed by atoms with Crippen LogP contribution in [-0.4, -0.2) is 15.3 Å². The first-order valence-corrected chi connectivity index (χ1v) is 5.63. The lowest BCUT2D eigenvalue weighted by Crippen LogP contribution is -1.71. The number of hydrogen-bond acceptors (Lipinski definition) is 3. The Kier molecular flexibility index (Phi) is 5.23. The van der Waals surface area contributed by atoms with Crippen molar-refractivity contribution in [1.29, 1.82) is 0 Å². The second-order valence-electron chi connectivity index (χ2n) is 3.72. The summed E-state index contributed by atoms with van der Waals surface area (Å²) in [5.74, 6) is 0.0653. The number of rotatable bonds is 2. The molecule has 0 fully saturated rings. The molecule has 0 amide bonds. The van der Waals surface area contributed by atoms with E-state index >= 15 is 0 Å². The van der Waals surface area contributed by atoms with E-state index in [1.165, 1.54) is 12.1 Å². The van der Waals surface area contributed by atoms with E-state index < -0.39 is 0 Å². The van der Waals surface area contributed by atoms with E-state index in [4.69, 9.17) is 15.3 Å². The van der Waals surface area contributed by atoms with Crippen LogP contribution in [0.2, 0.25) is 0 Å². The normalized spacial score (nSPS) is 9.05. The topological polar surface area (TPSA) is 60.7 Å². The van der Waals surface area contributed by atoms with Crippen molar-refractivity contribution in [3.05, 3.63) is 66.7 Å². The van der Waals surface area contributed by atoms with Gasteiger partial charge in [-0.2, -0.15) is 0 Å². The predicted molar refractivity (Wildman–Crippen MR) is 78.1 cm³/mol. The zero-order valence-electron chi connectivity index (χ0n) is 10.5. The number of benzene rings is 2. The molecule has 0 heterocycles. The Morgan fingerprint density at radius 3 is 1.89 bits per heavy atom. The van der Waals surface area contributed by atoms with E-state index in [0.29, 0.717) is 0 Å². The van der Waals surface area contributed by atoms with Crippen LogP contribution < -0.4 is 0 Å². The van der Waals surface area contributed by atoms with Crippen molar-refractivity contribution in [2.24, 2.45) is 0 Å². The van der Waals surface area contributed by atoms with E-state index in [9.17, 15) is 0 Å². The summed E-state index contributed by atoms with van der Waals surface area (Å²) >= 11 is 0. The van der Waals surface area contributed by atoms with Crippen molar-refractivity contribution in [3.8, 4) is 17.2 Å². The fourth-order valence-corrected chi connectivity index (χ4v) is 1.33. The second kappa shape index (κ2) is 6.91. The fourth-order valence-electron chi connectivity index (χ4n) is 1.33. The lowest BCUT2D eigenvalue weighted by Gasteiger charge is -1.96. The number of aromatic hydroxyl groups is 3. The SMILES string of the molecule is C=Cc1ccc(O)c(O)c1.C=Cc1ccccc1O. The second-order valence-corrected chi connectivity index (χ2v) is 3.72. The summed E-state index contributed by atoms with van der Waals surface area (Å²) in [6.07, 6.45) is 3.22. The minimum atomic E-state index is -0.114. The van der Waals surface area contributed by atoms with Gasteiger partial charge in [0.25, 0.3) is 0 Å². The van der Waals surface area contributed by atoms with E-state index in [1.54, 1.807) is 30.4 Å². The molecule has 0 aliphatic carbocycles. The first-order valence-electron chi connectivity index (χ1n) is 5.63. The van der Waals surface area contributed by atoms with E-state index in [2.05, 4.69) is 13.2 Å². The molecule has 3 N–H and O–H groups in total.